The van der Waals surface area contributed by atoms with E-state index >= 15 is 0 Å². The van der Waals surface area contributed by atoms with E-state index in [1.807, 2.05) is 37.9 Å². The van der Waals surface area contributed by atoms with E-state index in [4.69, 9.17) is 0 Å². The van der Waals surface area contributed by atoms with Gasteiger partial charge in [0.15, 0.2) is 0 Å². The number of aryl methyl sites for hydroxylation is 1. The molecule has 2 heterocycles. The van der Waals surface area contributed by atoms with Crippen LogP contribution in [0.3, 0.4) is 0 Å². The van der Waals surface area contributed by atoms with E-state index in [0.717, 1.165) is 23.2 Å². The molecule has 3 heteroatoms. The van der Waals surface area contributed by atoms with Gasteiger partial charge in [0.25, 0.3) is 5.91 Å². The van der Waals surface area contributed by atoms with E-state index in [-0.39, 0.29) is 11.9 Å². The summed E-state index contributed by atoms with van der Waals surface area (Å²) in [7, 11) is 0. The Morgan fingerprint density at radius 3 is 2.87 bits per heavy atom. The molecular formula is C12H16N2O. The first-order chi connectivity index (χ1) is 7.13. The fourth-order valence-corrected chi connectivity index (χ4v) is 1.87. The van der Waals surface area contributed by atoms with Crippen molar-refractivity contribution < 1.29 is 4.79 Å². The second kappa shape index (κ2) is 3.65. The highest BCUT2D eigenvalue weighted by Gasteiger charge is 2.29. The molecule has 0 fully saturated rings. The number of fused-ring (bicyclic) bond motifs is 1. The van der Waals surface area contributed by atoms with Gasteiger partial charge >= 0.3 is 0 Å². The second-order valence-corrected chi connectivity index (χ2v) is 4.21. The predicted molar refractivity (Wildman–Crippen MR) is 58.6 cm³/mol. The van der Waals surface area contributed by atoms with Crippen molar-refractivity contribution in [3.8, 4) is 0 Å². The molecular weight excluding hydrogens is 188 g/mol. The maximum atomic E-state index is 12.0. The minimum Gasteiger partial charge on any atom is -0.332 e. The summed E-state index contributed by atoms with van der Waals surface area (Å²) < 4.78 is 0. The number of amides is 1. The van der Waals surface area contributed by atoms with Crippen molar-refractivity contribution in [2.24, 2.45) is 0 Å². The van der Waals surface area contributed by atoms with Crippen LogP contribution in [0.2, 0.25) is 0 Å². The lowest BCUT2D eigenvalue weighted by molar-refractivity contribution is 0.0730. The summed E-state index contributed by atoms with van der Waals surface area (Å²) in [6.07, 6.45) is 2.72. The van der Waals surface area contributed by atoms with Crippen molar-refractivity contribution in [3.05, 3.63) is 29.1 Å². The first-order valence-electron chi connectivity index (χ1n) is 5.42. The highest BCUT2D eigenvalue weighted by molar-refractivity contribution is 5.98. The van der Waals surface area contributed by atoms with Crippen LogP contribution in [0.25, 0.3) is 0 Å². The normalized spacial score (nSPS) is 14.9. The van der Waals surface area contributed by atoms with Crippen molar-refractivity contribution in [1.29, 1.82) is 0 Å². The van der Waals surface area contributed by atoms with Crippen LogP contribution in [-0.4, -0.2) is 21.8 Å². The van der Waals surface area contributed by atoms with E-state index in [2.05, 4.69) is 4.98 Å². The van der Waals surface area contributed by atoms with Crippen molar-refractivity contribution in [2.45, 2.75) is 39.8 Å². The molecule has 1 aromatic heterocycles. The molecule has 1 amide bonds. The molecule has 0 saturated carbocycles. The number of aromatic nitrogens is 1. The van der Waals surface area contributed by atoms with Crippen LogP contribution in [0.15, 0.2) is 12.3 Å². The predicted octanol–water partition coefficient (Wildman–Crippen LogP) is 2.01. The molecule has 1 aliphatic rings. The zero-order valence-corrected chi connectivity index (χ0v) is 9.45. The molecule has 3 nitrogen and oxygen atoms in total. The lowest BCUT2D eigenvalue weighted by Gasteiger charge is -2.19. The third-order valence-corrected chi connectivity index (χ3v) is 2.86. The van der Waals surface area contributed by atoms with Crippen LogP contribution in [0.1, 0.15) is 42.4 Å². The molecule has 0 N–H and O–H groups in total. The Kier molecular flexibility index (Phi) is 2.47. The maximum absolute atomic E-state index is 12.0. The van der Waals surface area contributed by atoms with Crippen molar-refractivity contribution in [1.82, 2.24) is 9.88 Å². The molecule has 0 aliphatic carbocycles. The summed E-state index contributed by atoms with van der Waals surface area (Å²) in [5, 5.41) is 0. The van der Waals surface area contributed by atoms with Crippen LogP contribution in [-0.2, 0) is 13.0 Å². The van der Waals surface area contributed by atoms with Gasteiger partial charge in [0.1, 0.15) is 0 Å². The van der Waals surface area contributed by atoms with Gasteiger partial charge in [0, 0.05) is 35.6 Å². The number of rotatable bonds is 2. The molecule has 0 radical (unpaired) electrons. The molecule has 15 heavy (non-hydrogen) atoms. The highest BCUT2D eigenvalue weighted by atomic mass is 16.2. The first-order valence-corrected chi connectivity index (χ1v) is 5.42. The van der Waals surface area contributed by atoms with Gasteiger partial charge in [-0.15, -0.1) is 0 Å². The van der Waals surface area contributed by atoms with Crippen LogP contribution in [0.5, 0.6) is 0 Å². The van der Waals surface area contributed by atoms with Gasteiger partial charge in [0.05, 0.1) is 0 Å². The number of hydrogen-bond acceptors (Lipinski definition) is 2. The lowest BCUT2D eigenvalue weighted by atomic mass is 10.1. The smallest absolute Gasteiger partial charge is 0.254 e. The molecule has 0 saturated heterocycles. The Balaban J connectivity index is 2.38. The Morgan fingerprint density at radius 2 is 2.27 bits per heavy atom. The zero-order chi connectivity index (χ0) is 11.0. The van der Waals surface area contributed by atoms with Gasteiger partial charge in [-0.2, -0.15) is 0 Å². The average Bonchev–Trinajstić information content (AvgIpc) is 2.56. The number of carbonyl (C=O) groups is 1. The van der Waals surface area contributed by atoms with Gasteiger partial charge in [0.2, 0.25) is 0 Å². The number of pyridine rings is 1. The molecule has 80 valence electrons. The van der Waals surface area contributed by atoms with Crippen LogP contribution in [0.4, 0.5) is 0 Å². The van der Waals surface area contributed by atoms with Crippen LogP contribution >= 0.6 is 0 Å². The summed E-state index contributed by atoms with van der Waals surface area (Å²) in [6.45, 7) is 6.84. The fraction of sp³-hybridized carbons (Fsp3) is 0.500. The second-order valence-electron chi connectivity index (χ2n) is 4.21. The van der Waals surface area contributed by atoms with E-state index in [0.29, 0.717) is 6.54 Å². The first kappa shape index (κ1) is 10.1. The maximum Gasteiger partial charge on any atom is 0.254 e. The van der Waals surface area contributed by atoms with Gasteiger partial charge < -0.3 is 4.90 Å². The molecule has 1 aromatic rings. The summed E-state index contributed by atoms with van der Waals surface area (Å²) in [6, 6.07) is 2.19. The number of nitrogens with zero attached hydrogens (tertiary/aromatic N) is 2. The molecule has 2 rings (SSSR count). The minimum atomic E-state index is 0.150. The Hall–Kier alpha value is -1.38. The minimum absolute atomic E-state index is 0.150. The van der Waals surface area contributed by atoms with Gasteiger partial charge in [-0.1, -0.05) is 6.92 Å². The molecule has 0 unspecified atom stereocenters. The van der Waals surface area contributed by atoms with Gasteiger partial charge in [-0.25, -0.2) is 0 Å². The largest absolute Gasteiger partial charge is 0.332 e. The number of hydrogen-bond donors (Lipinski definition) is 0. The van der Waals surface area contributed by atoms with Gasteiger partial charge in [-0.05, 0) is 26.3 Å². The topological polar surface area (TPSA) is 33.2 Å². The standard InChI is InChI=1S/C12H16N2O/c1-4-10-5-11-9(6-13-10)7-14(8(2)3)12(11)15/h5-6,8H,4,7H2,1-3H3. The van der Waals surface area contributed by atoms with Gasteiger partial charge in [-0.3, -0.25) is 9.78 Å². The fourth-order valence-electron chi connectivity index (χ4n) is 1.87. The third kappa shape index (κ3) is 1.62. The number of carbonyl (C=O) groups excluding carboxylic acids is 1. The quantitative estimate of drug-likeness (QED) is 0.738. The Morgan fingerprint density at radius 1 is 1.53 bits per heavy atom. The van der Waals surface area contributed by atoms with E-state index < -0.39 is 0 Å². The molecule has 0 aromatic carbocycles. The summed E-state index contributed by atoms with van der Waals surface area (Å²) in [5.41, 5.74) is 2.90. The average molecular weight is 204 g/mol. The SMILES string of the molecule is CCc1cc2c(cn1)CN(C(C)C)C2=O. The summed E-state index contributed by atoms with van der Waals surface area (Å²) in [4.78, 5) is 18.2. The molecule has 0 spiro atoms. The third-order valence-electron chi connectivity index (χ3n) is 2.86. The van der Waals surface area contributed by atoms with Crippen molar-refractivity contribution in [2.75, 3.05) is 0 Å². The van der Waals surface area contributed by atoms with Crippen molar-refractivity contribution in [3.63, 3.8) is 0 Å². The van der Waals surface area contributed by atoms with Crippen LogP contribution in [0, 0.1) is 0 Å². The Bertz CT molecular complexity index is 399. The summed E-state index contributed by atoms with van der Waals surface area (Å²) in [5.74, 6) is 0.150. The highest BCUT2D eigenvalue weighted by Crippen LogP contribution is 2.24. The Labute approximate surface area is 90.1 Å². The van der Waals surface area contributed by atoms with E-state index in [9.17, 15) is 4.79 Å². The van der Waals surface area contributed by atoms with Crippen molar-refractivity contribution >= 4 is 5.91 Å². The zero-order valence-electron chi connectivity index (χ0n) is 9.45. The monoisotopic (exact) mass is 204 g/mol. The summed E-state index contributed by atoms with van der Waals surface area (Å²) >= 11 is 0. The van der Waals surface area contributed by atoms with E-state index in [1.54, 1.807) is 0 Å². The molecule has 1 aliphatic heterocycles. The molecule has 0 atom stereocenters. The van der Waals surface area contributed by atoms with E-state index in [1.165, 1.54) is 0 Å². The lowest BCUT2D eigenvalue weighted by Crippen LogP contribution is -2.30. The molecule has 0 bridgehead atoms. The van der Waals surface area contributed by atoms with Crippen LogP contribution < -0.4 is 0 Å².